The average Bonchev–Trinajstić information content (AvgIpc) is 2.79. The highest BCUT2D eigenvalue weighted by Crippen LogP contribution is 2.29. The summed E-state index contributed by atoms with van der Waals surface area (Å²) < 4.78 is 38.0. The van der Waals surface area contributed by atoms with Gasteiger partial charge in [-0.2, -0.15) is 4.72 Å². The van der Waals surface area contributed by atoms with Crippen molar-refractivity contribution in [2.24, 2.45) is 0 Å². The number of ether oxygens (including phenoxy) is 1. The minimum Gasteiger partial charge on any atom is -0.425 e. The average molecular weight is 464 g/mol. The van der Waals surface area contributed by atoms with Crippen molar-refractivity contribution < 1.29 is 22.4 Å². The van der Waals surface area contributed by atoms with E-state index in [4.69, 9.17) is 9.15 Å². The molecule has 1 N–H and O–H groups in total. The zero-order chi connectivity index (χ0) is 23.6. The zero-order valence-corrected chi connectivity index (χ0v) is 18.8. The van der Waals surface area contributed by atoms with Crippen LogP contribution in [0, 0.1) is 6.92 Å². The molecule has 0 aliphatic carbocycles. The van der Waals surface area contributed by atoms with Gasteiger partial charge in [-0.1, -0.05) is 48.0 Å². The molecule has 33 heavy (non-hydrogen) atoms. The number of carbonyl (C=O) groups excluding carboxylic acids is 1. The molecule has 168 valence electrons. The van der Waals surface area contributed by atoms with Crippen LogP contribution in [0.1, 0.15) is 12.5 Å². The zero-order valence-electron chi connectivity index (χ0n) is 17.9. The summed E-state index contributed by atoms with van der Waals surface area (Å²) in [7, 11) is -3.90. The Bertz CT molecular complexity index is 1480. The summed E-state index contributed by atoms with van der Waals surface area (Å²) in [6, 6.07) is 20.6. The van der Waals surface area contributed by atoms with Crippen LogP contribution in [0.2, 0.25) is 0 Å². The SMILES string of the molecule is Cc1ccc(S(=O)(=O)N[C@H](C)C(=O)Oc2ccc3c(-c4ccccc4)cc(=O)oc3c2)cc1. The lowest BCUT2D eigenvalue weighted by molar-refractivity contribution is -0.135. The lowest BCUT2D eigenvalue weighted by Gasteiger charge is -2.14. The molecule has 1 heterocycles. The number of fused-ring (bicyclic) bond motifs is 1. The van der Waals surface area contributed by atoms with Crippen LogP contribution in [0.4, 0.5) is 0 Å². The molecule has 0 bridgehead atoms. The molecule has 4 rings (SSSR count). The smallest absolute Gasteiger partial charge is 0.336 e. The molecule has 0 aliphatic heterocycles. The van der Waals surface area contributed by atoms with E-state index >= 15 is 0 Å². The molecular weight excluding hydrogens is 442 g/mol. The summed E-state index contributed by atoms with van der Waals surface area (Å²) in [6.45, 7) is 3.24. The van der Waals surface area contributed by atoms with E-state index in [1.54, 1.807) is 24.3 Å². The lowest BCUT2D eigenvalue weighted by Crippen LogP contribution is -2.40. The number of benzene rings is 3. The van der Waals surface area contributed by atoms with Crippen molar-refractivity contribution in [1.82, 2.24) is 4.72 Å². The number of esters is 1. The highest BCUT2D eigenvalue weighted by molar-refractivity contribution is 7.89. The third-order valence-electron chi connectivity index (χ3n) is 5.04. The standard InChI is InChI=1S/C25H21NO6S/c1-16-8-11-20(12-9-16)33(29,30)26-17(2)25(28)31-19-10-13-21-22(18-6-4-3-5-7-18)15-24(27)32-23(21)14-19/h3-15,17,26H,1-2H3/t17-/m1/s1. The third kappa shape index (κ3) is 5.02. The first-order valence-corrected chi connectivity index (χ1v) is 11.7. The van der Waals surface area contributed by atoms with Crippen LogP contribution in [-0.4, -0.2) is 20.4 Å². The number of aryl methyl sites for hydroxylation is 1. The van der Waals surface area contributed by atoms with Gasteiger partial charge in [-0.25, -0.2) is 18.0 Å². The number of hydrogen-bond acceptors (Lipinski definition) is 6. The molecule has 0 spiro atoms. The molecule has 8 heteroatoms. The number of hydrogen-bond donors (Lipinski definition) is 1. The second kappa shape index (κ2) is 9.01. The van der Waals surface area contributed by atoms with Gasteiger partial charge in [0.15, 0.2) is 0 Å². The monoisotopic (exact) mass is 463 g/mol. The Morgan fingerprint density at radius 2 is 1.67 bits per heavy atom. The van der Waals surface area contributed by atoms with Crippen molar-refractivity contribution in [3.8, 4) is 16.9 Å². The highest BCUT2D eigenvalue weighted by Gasteiger charge is 2.24. The first-order chi connectivity index (χ1) is 15.7. The van der Waals surface area contributed by atoms with E-state index in [9.17, 15) is 18.0 Å². The second-order valence-corrected chi connectivity index (χ2v) is 9.29. The van der Waals surface area contributed by atoms with Gasteiger partial charge in [-0.05, 0) is 49.2 Å². The van der Waals surface area contributed by atoms with E-state index in [0.29, 0.717) is 10.9 Å². The van der Waals surface area contributed by atoms with E-state index in [1.165, 1.54) is 31.2 Å². The third-order valence-corrected chi connectivity index (χ3v) is 6.59. The number of sulfonamides is 1. The quantitative estimate of drug-likeness (QED) is 0.263. The fraction of sp³-hybridized carbons (Fsp3) is 0.120. The van der Waals surface area contributed by atoms with Gasteiger partial charge in [0.25, 0.3) is 0 Å². The van der Waals surface area contributed by atoms with E-state index in [1.807, 2.05) is 37.3 Å². The fourth-order valence-corrected chi connectivity index (χ4v) is 4.53. The van der Waals surface area contributed by atoms with E-state index in [2.05, 4.69) is 4.72 Å². The van der Waals surface area contributed by atoms with Crippen LogP contribution in [0.3, 0.4) is 0 Å². The second-order valence-electron chi connectivity index (χ2n) is 7.58. The summed E-state index contributed by atoms with van der Waals surface area (Å²) in [5.74, 6) is -0.672. The molecule has 1 aromatic heterocycles. The summed E-state index contributed by atoms with van der Waals surface area (Å²) in [4.78, 5) is 24.7. The number of nitrogens with one attached hydrogen (secondary N) is 1. The van der Waals surface area contributed by atoms with Gasteiger partial charge < -0.3 is 9.15 Å². The van der Waals surface area contributed by atoms with Crippen molar-refractivity contribution in [3.63, 3.8) is 0 Å². The molecule has 0 radical (unpaired) electrons. The lowest BCUT2D eigenvalue weighted by atomic mass is 10.0. The molecule has 1 atom stereocenters. The Hall–Kier alpha value is -3.75. The first kappa shape index (κ1) is 22.4. The summed E-state index contributed by atoms with van der Waals surface area (Å²) in [5.41, 5.74) is 2.17. The minimum absolute atomic E-state index is 0.0497. The van der Waals surface area contributed by atoms with Crippen molar-refractivity contribution in [1.29, 1.82) is 0 Å². The first-order valence-electron chi connectivity index (χ1n) is 10.2. The predicted octanol–water partition coefficient (Wildman–Crippen LogP) is 4.04. The van der Waals surface area contributed by atoms with Crippen LogP contribution in [0.15, 0.2) is 93.0 Å². The maximum absolute atomic E-state index is 12.5. The van der Waals surface area contributed by atoms with E-state index in [-0.39, 0.29) is 16.2 Å². The maximum atomic E-state index is 12.5. The van der Waals surface area contributed by atoms with Crippen LogP contribution in [-0.2, 0) is 14.8 Å². The maximum Gasteiger partial charge on any atom is 0.336 e. The Morgan fingerprint density at radius 1 is 0.970 bits per heavy atom. The van der Waals surface area contributed by atoms with Crippen LogP contribution >= 0.6 is 0 Å². The highest BCUT2D eigenvalue weighted by atomic mass is 32.2. The van der Waals surface area contributed by atoms with Gasteiger partial charge in [0.2, 0.25) is 10.0 Å². The predicted molar refractivity (Wildman–Crippen MR) is 125 cm³/mol. The summed E-state index contributed by atoms with van der Waals surface area (Å²) in [6.07, 6.45) is 0. The molecular formula is C25H21NO6S. The van der Waals surface area contributed by atoms with Gasteiger partial charge >= 0.3 is 11.6 Å². The summed E-state index contributed by atoms with van der Waals surface area (Å²) in [5, 5.41) is 0.675. The van der Waals surface area contributed by atoms with Gasteiger partial charge in [-0.15, -0.1) is 0 Å². The molecule has 0 amide bonds. The van der Waals surface area contributed by atoms with E-state index < -0.39 is 27.7 Å². The molecule has 3 aromatic carbocycles. The molecule has 0 aliphatic rings. The molecule has 0 fully saturated rings. The molecule has 0 saturated heterocycles. The molecule has 4 aromatic rings. The Labute approximate surface area is 190 Å². The van der Waals surface area contributed by atoms with Gasteiger partial charge in [0.1, 0.15) is 17.4 Å². The van der Waals surface area contributed by atoms with Gasteiger partial charge in [0, 0.05) is 17.5 Å². The Kier molecular flexibility index (Phi) is 6.13. The number of carbonyl (C=O) groups is 1. The normalized spacial score (nSPS) is 12.4. The minimum atomic E-state index is -3.90. The Morgan fingerprint density at radius 3 is 2.36 bits per heavy atom. The van der Waals surface area contributed by atoms with Gasteiger partial charge in [-0.3, -0.25) is 0 Å². The van der Waals surface area contributed by atoms with Gasteiger partial charge in [0.05, 0.1) is 4.90 Å². The molecule has 7 nitrogen and oxygen atoms in total. The Balaban J connectivity index is 1.55. The topological polar surface area (TPSA) is 103 Å². The van der Waals surface area contributed by atoms with Crippen molar-refractivity contribution in [2.45, 2.75) is 24.8 Å². The molecule has 0 saturated carbocycles. The number of rotatable bonds is 6. The largest absolute Gasteiger partial charge is 0.425 e. The summed E-state index contributed by atoms with van der Waals surface area (Å²) >= 11 is 0. The van der Waals surface area contributed by atoms with Crippen LogP contribution < -0.4 is 15.1 Å². The van der Waals surface area contributed by atoms with Crippen LogP contribution in [0.25, 0.3) is 22.1 Å². The van der Waals surface area contributed by atoms with Crippen molar-refractivity contribution in [2.75, 3.05) is 0 Å². The fourth-order valence-electron chi connectivity index (χ4n) is 3.33. The molecule has 0 unspecified atom stereocenters. The van der Waals surface area contributed by atoms with Crippen molar-refractivity contribution in [3.05, 3.63) is 94.8 Å². The van der Waals surface area contributed by atoms with Crippen molar-refractivity contribution >= 4 is 27.0 Å². The van der Waals surface area contributed by atoms with Crippen LogP contribution in [0.5, 0.6) is 5.75 Å². The van der Waals surface area contributed by atoms with E-state index in [0.717, 1.165) is 11.1 Å².